The van der Waals surface area contributed by atoms with Crippen molar-refractivity contribution in [2.24, 2.45) is 0 Å². The number of benzene rings is 2. The van der Waals surface area contributed by atoms with Gasteiger partial charge in [-0.3, -0.25) is 9.59 Å². The third kappa shape index (κ3) is 6.95. The second-order valence-corrected chi connectivity index (χ2v) is 10.6. The van der Waals surface area contributed by atoms with E-state index in [1.807, 2.05) is 54.9 Å². The summed E-state index contributed by atoms with van der Waals surface area (Å²) in [6.45, 7) is 6.56. The van der Waals surface area contributed by atoms with Crippen LogP contribution in [0.25, 0.3) is 0 Å². The van der Waals surface area contributed by atoms with Crippen LogP contribution in [0.3, 0.4) is 0 Å². The molecule has 1 aliphatic carbocycles. The van der Waals surface area contributed by atoms with Crippen molar-refractivity contribution >= 4 is 11.7 Å². The molecule has 5 rings (SSSR count). The van der Waals surface area contributed by atoms with Crippen LogP contribution in [0, 0.1) is 0 Å². The molecule has 2 aromatic carbocycles. The summed E-state index contributed by atoms with van der Waals surface area (Å²) in [5.41, 5.74) is 4.11. The maximum Gasteiger partial charge on any atom is 0.251 e. The van der Waals surface area contributed by atoms with Gasteiger partial charge in [-0.15, -0.1) is 0 Å². The summed E-state index contributed by atoms with van der Waals surface area (Å²) in [7, 11) is 0. The van der Waals surface area contributed by atoms with E-state index in [4.69, 9.17) is 4.74 Å². The second kappa shape index (κ2) is 12.8. The third-order valence-electron chi connectivity index (χ3n) is 7.84. The maximum absolute atomic E-state index is 13.2. The van der Waals surface area contributed by atoms with Crippen molar-refractivity contribution in [2.75, 3.05) is 32.7 Å². The smallest absolute Gasteiger partial charge is 0.251 e. The maximum atomic E-state index is 13.2. The van der Waals surface area contributed by atoms with E-state index >= 15 is 0 Å². The Kier molecular flexibility index (Phi) is 8.74. The molecule has 2 aliphatic heterocycles. The number of hydrogen-bond acceptors (Lipinski definition) is 5. The van der Waals surface area contributed by atoms with Gasteiger partial charge in [0.15, 0.2) is 5.78 Å². The molecule has 6 nitrogen and oxygen atoms in total. The Hall–Kier alpha value is -3.90. The zero-order chi connectivity index (χ0) is 27.0. The Morgan fingerprint density at radius 3 is 2.62 bits per heavy atom. The molecule has 39 heavy (non-hydrogen) atoms. The molecule has 202 valence electrons. The van der Waals surface area contributed by atoms with E-state index in [1.54, 1.807) is 18.4 Å². The normalized spacial score (nSPS) is 18.8. The molecule has 2 heterocycles. The molecular formula is C33H37N3O3. The summed E-state index contributed by atoms with van der Waals surface area (Å²) in [4.78, 5) is 29.5. The third-order valence-corrected chi connectivity index (χ3v) is 7.84. The average Bonchev–Trinajstić information content (AvgIpc) is 2.99. The van der Waals surface area contributed by atoms with Gasteiger partial charge in [0.1, 0.15) is 12.0 Å². The summed E-state index contributed by atoms with van der Waals surface area (Å²) < 4.78 is 5.67. The number of hydrogen-bond donors (Lipinski definition) is 1. The molecule has 1 N–H and O–H groups in total. The zero-order valence-electron chi connectivity index (χ0n) is 22.6. The number of nitrogens with one attached hydrogen (secondary N) is 1. The van der Waals surface area contributed by atoms with E-state index in [1.165, 1.54) is 5.56 Å². The predicted molar refractivity (Wildman–Crippen MR) is 154 cm³/mol. The Morgan fingerprint density at radius 1 is 1.05 bits per heavy atom. The van der Waals surface area contributed by atoms with Gasteiger partial charge >= 0.3 is 0 Å². The van der Waals surface area contributed by atoms with E-state index in [0.29, 0.717) is 18.9 Å². The fraction of sp³-hybridized carbons (Fsp3) is 0.333. The lowest BCUT2D eigenvalue weighted by molar-refractivity contribution is -0.114. The number of piperidine rings is 1. The topological polar surface area (TPSA) is 61.9 Å². The number of ether oxygens (including phenoxy) is 1. The van der Waals surface area contributed by atoms with Gasteiger partial charge in [-0.1, -0.05) is 67.6 Å². The first-order valence-corrected chi connectivity index (χ1v) is 13.9. The van der Waals surface area contributed by atoms with Crippen LogP contribution in [-0.4, -0.2) is 54.2 Å². The van der Waals surface area contributed by atoms with Crippen LogP contribution in [-0.2, 0) is 9.53 Å². The highest BCUT2D eigenvalue weighted by Crippen LogP contribution is 2.31. The number of amides is 1. The second-order valence-electron chi connectivity index (χ2n) is 10.6. The van der Waals surface area contributed by atoms with E-state index in [9.17, 15) is 9.59 Å². The van der Waals surface area contributed by atoms with Gasteiger partial charge in [0.05, 0.1) is 0 Å². The van der Waals surface area contributed by atoms with Crippen molar-refractivity contribution < 1.29 is 14.3 Å². The number of nitrogens with zero attached hydrogens (tertiary/aromatic N) is 2. The Balaban J connectivity index is 1.12. The van der Waals surface area contributed by atoms with Gasteiger partial charge in [-0.2, -0.15) is 0 Å². The standard InChI is InChI=1S/C33H37N3O3/c1-25(26-8-3-2-4-9-26)23-34-33(38)31-13-6-5-12-30(31)27-14-16-35(17-15-27)18-19-36-20-21-39-32(24-36)28-10-7-11-29(37)22-28/h2-13,20-21,24-25,27H,14-19,22-23H2,1H3,(H,34,38). The molecule has 1 fully saturated rings. The minimum atomic E-state index is 0.0165. The van der Waals surface area contributed by atoms with Gasteiger partial charge in [0.2, 0.25) is 0 Å². The summed E-state index contributed by atoms with van der Waals surface area (Å²) in [6, 6.07) is 18.4. The molecule has 1 amide bonds. The molecule has 1 unspecified atom stereocenters. The van der Waals surface area contributed by atoms with Crippen LogP contribution in [0.2, 0.25) is 0 Å². The predicted octanol–water partition coefficient (Wildman–Crippen LogP) is 5.50. The Morgan fingerprint density at radius 2 is 1.82 bits per heavy atom. The number of allylic oxidation sites excluding steroid dienone is 4. The van der Waals surface area contributed by atoms with Gasteiger partial charge in [-0.25, -0.2) is 0 Å². The van der Waals surface area contributed by atoms with Gasteiger partial charge in [-0.05, 0) is 61.0 Å². The molecule has 1 atom stereocenters. The van der Waals surface area contributed by atoms with Crippen molar-refractivity contribution in [3.63, 3.8) is 0 Å². The van der Waals surface area contributed by atoms with Gasteiger partial charge in [0.25, 0.3) is 5.91 Å². The van der Waals surface area contributed by atoms with Crippen molar-refractivity contribution in [3.8, 4) is 0 Å². The zero-order valence-corrected chi connectivity index (χ0v) is 22.6. The van der Waals surface area contributed by atoms with Crippen molar-refractivity contribution in [1.82, 2.24) is 15.1 Å². The van der Waals surface area contributed by atoms with E-state index in [0.717, 1.165) is 61.5 Å². The molecule has 2 aromatic rings. The number of carbonyl (C=O) groups is 2. The number of carbonyl (C=O) groups excluding carboxylic acids is 2. The molecule has 0 bridgehead atoms. The lowest BCUT2D eigenvalue weighted by atomic mass is 9.86. The summed E-state index contributed by atoms with van der Waals surface area (Å²) >= 11 is 0. The first-order chi connectivity index (χ1) is 19.1. The van der Waals surface area contributed by atoms with Crippen LogP contribution in [0.15, 0.2) is 103 Å². The Labute approximate surface area is 231 Å². The molecule has 0 spiro atoms. The quantitative estimate of drug-likeness (QED) is 0.470. The first kappa shape index (κ1) is 26.7. The van der Waals surface area contributed by atoms with Crippen LogP contribution < -0.4 is 5.32 Å². The van der Waals surface area contributed by atoms with Crippen molar-refractivity contribution in [2.45, 2.75) is 38.0 Å². The fourth-order valence-corrected chi connectivity index (χ4v) is 5.47. The number of rotatable bonds is 9. The summed E-state index contributed by atoms with van der Waals surface area (Å²) in [5, 5.41) is 3.17. The molecule has 0 aromatic heterocycles. The van der Waals surface area contributed by atoms with Crippen molar-refractivity contribution in [1.29, 1.82) is 0 Å². The fourth-order valence-electron chi connectivity index (χ4n) is 5.47. The monoisotopic (exact) mass is 523 g/mol. The lowest BCUT2D eigenvalue weighted by Crippen LogP contribution is -2.38. The van der Waals surface area contributed by atoms with Crippen LogP contribution in [0.1, 0.15) is 59.5 Å². The number of ketones is 1. The molecule has 0 radical (unpaired) electrons. The SMILES string of the molecule is CC(CNC(=O)c1ccccc1C1CCN(CCN2C=COC(C3=CC=CC(=O)C3)=C2)CC1)c1ccccc1. The van der Waals surface area contributed by atoms with Gasteiger partial charge < -0.3 is 19.9 Å². The van der Waals surface area contributed by atoms with Crippen LogP contribution in [0.4, 0.5) is 0 Å². The van der Waals surface area contributed by atoms with Crippen LogP contribution in [0.5, 0.6) is 0 Å². The summed E-state index contributed by atoms with van der Waals surface area (Å²) in [5.74, 6) is 1.50. The van der Waals surface area contributed by atoms with E-state index in [-0.39, 0.29) is 17.6 Å². The van der Waals surface area contributed by atoms with Gasteiger partial charge in [0, 0.05) is 49.6 Å². The number of likely N-dealkylation sites (tertiary alicyclic amines) is 1. The minimum Gasteiger partial charge on any atom is -0.462 e. The van der Waals surface area contributed by atoms with Crippen molar-refractivity contribution in [3.05, 3.63) is 120 Å². The highest BCUT2D eigenvalue weighted by Gasteiger charge is 2.25. The van der Waals surface area contributed by atoms with E-state index in [2.05, 4.69) is 40.2 Å². The minimum absolute atomic E-state index is 0.0165. The molecular weight excluding hydrogens is 486 g/mol. The lowest BCUT2D eigenvalue weighted by Gasteiger charge is -2.34. The highest BCUT2D eigenvalue weighted by atomic mass is 16.5. The van der Waals surface area contributed by atoms with Crippen LogP contribution >= 0.6 is 0 Å². The molecule has 6 heteroatoms. The molecule has 3 aliphatic rings. The molecule has 1 saturated heterocycles. The average molecular weight is 524 g/mol. The van der Waals surface area contributed by atoms with E-state index < -0.39 is 0 Å². The Bertz CT molecular complexity index is 1290. The largest absolute Gasteiger partial charge is 0.462 e. The molecule has 0 saturated carbocycles. The summed E-state index contributed by atoms with van der Waals surface area (Å²) in [6.07, 6.45) is 13.4. The highest BCUT2D eigenvalue weighted by molar-refractivity contribution is 5.96. The first-order valence-electron chi connectivity index (χ1n) is 13.9.